The Balaban J connectivity index is 1.77. The molecule has 108 valence electrons. The molecule has 21 heavy (non-hydrogen) atoms. The normalized spacial score (nSPS) is 18.5. The first-order chi connectivity index (χ1) is 10.3. The van der Waals surface area contributed by atoms with Gasteiger partial charge in [-0.25, -0.2) is 4.98 Å². The van der Waals surface area contributed by atoms with Crippen molar-refractivity contribution in [3.8, 4) is 0 Å². The number of rotatable bonds is 2. The van der Waals surface area contributed by atoms with Crippen molar-refractivity contribution in [3.63, 3.8) is 0 Å². The first-order valence-corrected chi connectivity index (χ1v) is 6.82. The molecule has 1 atom stereocenters. The minimum atomic E-state index is -0.731. The molecule has 4 nitrogen and oxygen atoms in total. The van der Waals surface area contributed by atoms with E-state index < -0.39 is 5.95 Å². The number of halogens is 1. The van der Waals surface area contributed by atoms with E-state index in [1.54, 1.807) is 11.0 Å². The highest BCUT2D eigenvalue weighted by Crippen LogP contribution is 2.23. The van der Waals surface area contributed by atoms with Gasteiger partial charge in [0, 0.05) is 12.7 Å². The van der Waals surface area contributed by atoms with E-state index in [1.165, 1.54) is 12.3 Å². The van der Waals surface area contributed by atoms with Crippen LogP contribution in [0.15, 0.2) is 48.7 Å². The molecule has 0 N–H and O–H groups in total. The van der Waals surface area contributed by atoms with Crippen LogP contribution in [-0.4, -0.2) is 35.5 Å². The molecule has 1 aromatic carbocycles. The molecule has 2 aromatic rings. The third-order valence-corrected chi connectivity index (χ3v) is 3.51. The second kappa shape index (κ2) is 6.01. The maximum Gasteiger partial charge on any atom is 0.258 e. The number of aromatic nitrogens is 1. The summed E-state index contributed by atoms with van der Waals surface area (Å²) in [7, 11) is 0. The van der Waals surface area contributed by atoms with E-state index in [0.29, 0.717) is 19.7 Å². The van der Waals surface area contributed by atoms with Crippen molar-refractivity contribution in [2.45, 2.75) is 6.10 Å². The number of ether oxygens (including phenoxy) is 1. The Labute approximate surface area is 122 Å². The second-order valence-corrected chi connectivity index (χ2v) is 4.86. The Hall–Kier alpha value is -2.27. The minimum absolute atomic E-state index is 0.00575. The van der Waals surface area contributed by atoms with Crippen molar-refractivity contribution in [1.29, 1.82) is 0 Å². The van der Waals surface area contributed by atoms with Gasteiger partial charge in [-0.1, -0.05) is 30.3 Å². The summed E-state index contributed by atoms with van der Waals surface area (Å²) in [5.41, 5.74) is 1.02. The maximum absolute atomic E-state index is 13.6. The van der Waals surface area contributed by atoms with E-state index in [1.807, 2.05) is 30.3 Å². The van der Waals surface area contributed by atoms with E-state index in [2.05, 4.69) is 4.98 Å². The fourth-order valence-electron chi connectivity index (χ4n) is 2.42. The van der Waals surface area contributed by atoms with Gasteiger partial charge in [0.1, 0.15) is 6.10 Å². The van der Waals surface area contributed by atoms with Crippen molar-refractivity contribution in [3.05, 3.63) is 65.7 Å². The number of morpholine rings is 1. The summed E-state index contributed by atoms with van der Waals surface area (Å²) in [6, 6.07) is 12.7. The van der Waals surface area contributed by atoms with E-state index in [4.69, 9.17) is 4.74 Å². The van der Waals surface area contributed by atoms with E-state index >= 15 is 0 Å². The minimum Gasteiger partial charge on any atom is -0.370 e. The molecule has 0 spiro atoms. The average molecular weight is 286 g/mol. The number of nitrogens with zero attached hydrogens (tertiary/aromatic N) is 2. The molecule has 1 saturated heterocycles. The summed E-state index contributed by atoms with van der Waals surface area (Å²) in [6.07, 6.45) is 1.15. The van der Waals surface area contributed by atoms with Gasteiger partial charge in [-0.2, -0.15) is 4.39 Å². The average Bonchev–Trinajstić information content (AvgIpc) is 2.56. The second-order valence-electron chi connectivity index (χ2n) is 4.86. The summed E-state index contributed by atoms with van der Waals surface area (Å²) < 4.78 is 19.3. The summed E-state index contributed by atoms with van der Waals surface area (Å²) in [6.45, 7) is 1.31. The molecule has 1 amide bonds. The molecule has 0 saturated carbocycles. The highest BCUT2D eigenvalue weighted by Gasteiger charge is 2.27. The first-order valence-electron chi connectivity index (χ1n) is 6.82. The number of hydrogen-bond acceptors (Lipinski definition) is 3. The largest absolute Gasteiger partial charge is 0.370 e. The van der Waals surface area contributed by atoms with E-state index in [9.17, 15) is 9.18 Å². The molecule has 0 aliphatic carbocycles. The maximum atomic E-state index is 13.6. The van der Waals surface area contributed by atoms with Gasteiger partial charge in [-0.3, -0.25) is 4.79 Å². The van der Waals surface area contributed by atoms with Gasteiger partial charge >= 0.3 is 0 Å². The molecule has 2 heterocycles. The van der Waals surface area contributed by atoms with Crippen LogP contribution in [0.3, 0.4) is 0 Å². The lowest BCUT2D eigenvalue weighted by molar-refractivity contribution is -0.0230. The van der Waals surface area contributed by atoms with Crippen LogP contribution in [0.1, 0.15) is 22.0 Å². The van der Waals surface area contributed by atoms with Crippen LogP contribution in [-0.2, 0) is 4.74 Å². The zero-order valence-electron chi connectivity index (χ0n) is 11.4. The summed E-state index contributed by atoms with van der Waals surface area (Å²) >= 11 is 0. The molecule has 0 radical (unpaired) electrons. The summed E-state index contributed by atoms with van der Waals surface area (Å²) in [4.78, 5) is 17.5. The quantitative estimate of drug-likeness (QED) is 0.796. The van der Waals surface area contributed by atoms with Crippen LogP contribution in [0.25, 0.3) is 0 Å². The van der Waals surface area contributed by atoms with Crippen molar-refractivity contribution >= 4 is 5.91 Å². The van der Waals surface area contributed by atoms with Crippen molar-refractivity contribution in [1.82, 2.24) is 9.88 Å². The zero-order chi connectivity index (χ0) is 14.7. The van der Waals surface area contributed by atoms with Gasteiger partial charge in [0.25, 0.3) is 5.91 Å². The van der Waals surface area contributed by atoms with Crippen LogP contribution in [0.5, 0.6) is 0 Å². The van der Waals surface area contributed by atoms with Crippen molar-refractivity contribution in [2.24, 2.45) is 0 Å². The monoisotopic (exact) mass is 286 g/mol. The first kappa shape index (κ1) is 13.7. The summed E-state index contributed by atoms with van der Waals surface area (Å²) in [5.74, 6) is -1.07. The van der Waals surface area contributed by atoms with Gasteiger partial charge in [-0.05, 0) is 17.7 Å². The molecule has 1 aromatic heterocycles. The van der Waals surface area contributed by atoms with Gasteiger partial charge in [0.2, 0.25) is 5.95 Å². The molecule has 0 bridgehead atoms. The van der Waals surface area contributed by atoms with Gasteiger partial charge in [-0.15, -0.1) is 0 Å². The number of amides is 1. The Morgan fingerprint density at radius 3 is 2.81 bits per heavy atom. The number of hydrogen-bond donors (Lipinski definition) is 0. The molecule has 1 aliphatic heterocycles. The van der Waals surface area contributed by atoms with Gasteiger partial charge in [0.15, 0.2) is 0 Å². The molecule has 5 heteroatoms. The lowest BCUT2D eigenvalue weighted by Crippen LogP contribution is -2.42. The number of carbonyl (C=O) groups excluding carboxylic acids is 1. The van der Waals surface area contributed by atoms with Crippen LogP contribution >= 0.6 is 0 Å². The Morgan fingerprint density at radius 1 is 1.24 bits per heavy atom. The van der Waals surface area contributed by atoms with Gasteiger partial charge in [0.05, 0.1) is 18.7 Å². The molecular weight excluding hydrogens is 271 g/mol. The highest BCUT2D eigenvalue weighted by atomic mass is 19.1. The Kier molecular flexibility index (Phi) is 3.92. The molecular formula is C16H15FN2O2. The number of benzene rings is 1. The molecule has 1 unspecified atom stereocenters. The Morgan fingerprint density at radius 2 is 2.05 bits per heavy atom. The van der Waals surface area contributed by atoms with Gasteiger partial charge < -0.3 is 9.64 Å². The van der Waals surface area contributed by atoms with E-state index in [-0.39, 0.29) is 17.6 Å². The fraction of sp³-hybridized carbons (Fsp3) is 0.250. The van der Waals surface area contributed by atoms with Crippen LogP contribution in [0.4, 0.5) is 4.39 Å². The topological polar surface area (TPSA) is 42.4 Å². The van der Waals surface area contributed by atoms with Crippen LogP contribution in [0.2, 0.25) is 0 Å². The molecule has 3 rings (SSSR count). The molecule has 1 fully saturated rings. The van der Waals surface area contributed by atoms with E-state index in [0.717, 1.165) is 5.56 Å². The Bertz CT molecular complexity index is 633. The standard InChI is InChI=1S/C16H15FN2O2/c17-15-13(7-4-8-18-15)16(20)19-9-10-21-14(11-19)12-5-2-1-3-6-12/h1-8,14H,9-11H2. The van der Waals surface area contributed by atoms with Crippen molar-refractivity contribution in [2.75, 3.05) is 19.7 Å². The molecule has 1 aliphatic rings. The predicted octanol–water partition coefficient (Wildman–Crippen LogP) is 2.43. The predicted molar refractivity (Wildman–Crippen MR) is 75.2 cm³/mol. The van der Waals surface area contributed by atoms with Crippen LogP contribution in [0, 0.1) is 5.95 Å². The highest BCUT2D eigenvalue weighted by molar-refractivity contribution is 5.94. The lowest BCUT2D eigenvalue weighted by atomic mass is 10.1. The smallest absolute Gasteiger partial charge is 0.258 e. The third kappa shape index (κ3) is 2.92. The van der Waals surface area contributed by atoms with Crippen LogP contribution < -0.4 is 0 Å². The SMILES string of the molecule is O=C(c1cccnc1F)N1CCOC(c2ccccc2)C1. The van der Waals surface area contributed by atoms with Crippen molar-refractivity contribution < 1.29 is 13.9 Å². The number of carbonyl (C=O) groups is 1. The zero-order valence-corrected chi connectivity index (χ0v) is 11.4. The lowest BCUT2D eigenvalue weighted by Gasteiger charge is -2.33. The fourth-order valence-corrected chi connectivity index (χ4v) is 2.42. The summed E-state index contributed by atoms with van der Waals surface area (Å²) in [5, 5.41) is 0. The number of pyridine rings is 1. The third-order valence-electron chi connectivity index (χ3n) is 3.51.